The number of urea groups is 1. The van der Waals surface area contributed by atoms with Gasteiger partial charge in [-0.3, -0.25) is 0 Å². The molecule has 0 unspecified atom stereocenters. The summed E-state index contributed by atoms with van der Waals surface area (Å²) in [5.74, 6) is 0. The number of amides is 2. The molecule has 0 radical (unpaired) electrons. The lowest BCUT2D eigenvalue weighted by Gasteiger charge is -2.31. The predicted octanol–water partition coefficient (Wildman–Crippen LogP) is 3.60. The number of anilines is 2. The molecule has 0 aliphatic carbocycles. The van der Waals surface area contributed by atoms with Crippen LogP contribution in [0, 0.1) is 0 Å². The molecule has 2 amide bonds. The van der Waals surface area contributed by atoms with E-state index in [4.69, 9.17) is 0 Å². The topological polar surface area (TPSA) is 44.4 Å². The van der Waals surface area contributed by atoms with Gasteiger partial charge in [-0.05, 0) is 52.2 Å². The number of carbonyl (C=O) groups excluding carboxylic acids is 1. The van der Waals surface area contributed by atoms with E-state index in [-0.39, 0.29) is 11.6 Å². The predicted molar refractivity (Wildman–Crippen MR) is 84.4 cm³/mol. The van der Waals surface area contributed by atoms with Gasteiger partial charge in [-0.15, -0.1) is 0 Å². The summed E-state index contributed by atoms with van der Waals surface area (Å²) < 4.78 is 0. The highest BCUT2D eigenvalue weighted by molar-refractivity contribution is 5.93. The van der Waals surface area contributed by atoms with Crippen LogP contribution in [0.25, 0.3) is 0 Å². The van der Waals surface area contributed by atoms with Crippen molar-refractivity contribution in [3.63, 3.8) is 0 Å². The molecule has 2 N–H and O–H groups in total. The van der Waals surface area contributed by atoms with Crippen LogP contribution in [0.3, 0.4) is 0 Å². The lowest BCUT2D eigenvalue weighted by Crippen LogP contribution is -2.43. The van der Waals surface area contributed by atoms with Crippen molar-refractivity contribution in [1.29, 1.82) is 0 Å². The number of hydrogen-bond donors (Lipinski definition) is 2. The molecule has 4 nitrogen and oxygen atoms in total. The maximum Gasteiger partial charge on any atom is 0.319 e. The molecule has 0 saturated carbocycles. The molecule has 0 aromatic heterocycles. The van der Waals surface area contributed by atoms with Crippen LogP contribution in [-0.2, 0) is 0 Å². The van der Waals surface area contributed by atoms with Gasteiger partial charge in [0.05, 0.1) is 11.4 Å². The fourth-order valence-electron chi connectivity index (χ4n) is 2.48. The normalized spacial score (nSPS) is 15.8. The van der Waals surface area contributed by atoms with Gasteiger partial charge < -0.3 is 15.5 Å². The van der Waals surface area contributed by atoms with E-state index in [1.165, 1.54) is 19.3 Å². The Kier molecular flexibility index (Phi) is 4.53. The number of carbonyl (C=O) groups is 1. The van der Waals surface area contributed by atoms with Gasteiger partial charge in [0.2, 0.25) is 0 Å². The summed E-state index contributed by atoms with van der Waals surface area (Å²) >= 11 is 0. The molecule has 2 rings (SSSR count). The molecule has 1 heterocycles. The Balaban J connectivity index is 2.09. The summed E-state index contributed by atoms with van der Waals surface area (Å²) in [5, 5.41) is 5.90. The highest BCUT2D eigenvalue weighted by atomic mass is 16.2. The van der Waals surface area contributed by atoms with Gasteiger partial charge in [-0.1, -0.05) is 12.1 Å². The largest absolute Gasteiger partial charge is 0.370 e. The van der Waals surface area contributed by atoms with E-state index < -0.39 is 0 Å². The summed E-state index contributed by atoms with van der Waals surface area (Å²) in [6.45, 7) is 8.06. The van der Waals surface area contributed by atoms with Crippen LogP contribution in [0.5, 0.6) is 0 Å². The first-order chi connectivity index (χ1) is 9.46. The van der Waals surface area contributed by atoms with Crippen molar-refractivity contribution in [2.45, 2.75) is 45.6 Å². The molecular formula is C16H25N3O. The van der Waals surface area contributed by atoms with Gasteiger partial charge in [0, 0.05) is 18.6 Å². The van der Waals surface area contributed by atoms with E-state index >= 15 is 0 Å². The third kappa shape index (κ3) is 4.15. The lowest BCUT2D eigenvalue weighted by molar-refractivity contribution is 0.244. The summed E-state index contributed by atoms with van der Waals surface area (Å²) in [6, 6.07) is 7.88. The molecule has 1 aromatic rings. The fraction of sp³-hybridized carbons (Fsp3) is 0.562. The Bertz CT molecular complexity index is 459. The molecule has 1 aliphatic rings. The summed E-state index contributed by atoms with van der Waals surface area (Å²) in [6.07, 6.45) is 3.75. The maximum atomic E-state index is 12.0. The Morgan fingerprint density at radius 3 is 2.40 bits per heavy atom. The van der Waals surface area contributed by atoms with Crippen LogP contribution in [-0.4, -0.2) is 24.7 Å². The Labute approximate surface area is 121 Å². The van der Waals surface area contributed by atoms with Gasteiger partial charge >= 0.3 is 6.03 Å². The molecule has 110 valence electrons. The number of hydrogen-bond acceptors (Lipinski definition) is 2. The molecule has 1 saturated heterocycles. The first-order valence-electron chi connectivity index (χ1n) is 7.39. The zero-order chi connectivity index (χ0) is 14.6. The molecular weight excluding hydrogens is 250 g/mol. The minimum Gasteiger partial charge on any atom is -0.370 e. The highest BCUT2D eigenvalue weighted by Gasteiger charge is 2.17. The number of nitrogens with one attached hydrogen (secondary N) is 2. The van der Waals surface area contributed by atoms with E-state index in [0.29, 0.717) is 0 Å². The average molecular weight is 275 g/mol. The second kappa shape index (κ2) is 6.16. The first-order valence-corrected chi connectivity index (χ1v) is 7.39. The van der Waals surface area contributed by atoms with E-state index in [9.17, 15) is 4.79 Å². The number of rotatable bonds is 2. The summed E-state index contributed by atoms with van der Waals surface area (Å²) in [4.78, 5) is 14.4. The third-order valence-electron chi connectivity index (χ3n) is 3.34. The fourth-order valence-corrected chi connectivity index (χ4v) is 2.48. The van der Waals surface area contributed by atoms with E-state index in [1.807, 2.05) is 39.0 Å². The lowest BCUT2D eigenvalue weighted by atomic mass is 10.1. The van der Waals surface area contributed by atoms with Gasteiger partial charge in [0.1, 0.15) is 0 Å². The third-order valence-corrected chi connectivity index (χ3v) is 3.34. The van der Waals surface area contributed by atoms with Crippen molar-refractivity contribution < 1.29 is 4.79 Å². The molecule has 20 heavy (non-hydrogen) atoms. The number of benzene rings is 1. The van der Waals surface area contributed by atoms with Crippen molar-refractivity contribution in [3.05, 3.63) is 24.3 Å². The van der Waals surface area contributed by atoms with Crippen LogP contribution in [0.15, 0.2) is 24.3 Å². The van der Waals surface area contributed by atoms with E-state index in [1.54, 1.807) is 0 Å². The van der Waals surface area contributed by atoms with Gasteiger partial charge in [0.15, 0.2) is 0 Å². The van der Waals surface area contributed by atoms with Crippen LogP contribution in [0.4, 0.5) is 16.2 Å². The van der Waals surface area contributed by atoms with Gasteiger partial charge in [-0.2, -0.15) is 0 Å². The van der Waals surface area contributed by atoms with E-state index in [0.717, 1.165) is 24.5 Å². The van der Waals surface area contributed by atoms with E-state index in [2.05, 4.69) is 21.6 Å². The quantitative estimate of drug-likeness (QED) is 0.866. The minimum atomic E-state index is -0.232. The van der Waals surface area contributed by atoms with Crippen molar-refractivity contribution in [2.24, 2.45) is 0 Å². The van der Waals surface area contributed by atoms with Crippen LogP contribution in [0.1, 0.15) is 40.0 Å². The Hall–Kier alpha value is -1.71. The molecule has 1 aromatic carbocycles. The highest BCUT2D eigenvalue weighted by Crippen LogP contribution is 2.28. The average Bonchev–Trinajstić information content (AvgIpc) is 2.38. The summed E-state index contributed by atoms with van der Waals surface area (Å²) in [5.41, 5.74) is 1.77. The second-order valence-corrected chi connectivity index (χ2v) is 6.39. The summed E-state index contributed by atoms with van der Waals surface area (Å²) in [7, 11) is 0. The van der Waals surface area contributed by atoms with Gasteiger partial charge in [0.25, 0.3) is 0 Å². The number of para-hydroxylation sites is 2. The standard InChI is InChI=1S/C16H25N3O/c1-16(2,3)18-15(20)17-13-9-5-6-10-14(13)19-11-7-4-8-12-19/h5-6,9-10H,4,7-8,11-12H2,1-3H3,(H2,17,18,20). The van der Waals surface area contributed by atoms with Crippen molar-refractivity contribution in [1.82, 2.24) is 5.32 Å². The molecule has 1 fully saturated rings. The maximum absolute atomic E-state index is 12.0. The van der Waals surface area contributed by atoms with Crippen molar-refractivity contribution in [2.75, 3.05) is 23.3 Å². The van der Waals surface area contributed by atoms with Crippen LogP contribution in [0.2, 0.25) is 0 Å². The SMILES string of the molecule is CC(C)(C)NC(=O)Nc1ccccc1N1CCCCC1. The minimum absolute atomic E-state index is 0.151. The number of piperidine rings is 1. The Morgan fingerprint density at radius 2 is 1.75 bits per heavy atom. The Morgan fingerprint density at radius 1 is 1.10 bits per heavy atom. The molecule has 0 spiro atoms. The zero-order valence-corrected chi connectivity index (χ0v) is 12.7. The number of nitrogens with zero attached hydrogens (tertiary/aromatic N) is 1. The molecule has 0 bridgehead atoms. The molecule has 4 heteroatoms. The second-order valence-electron chi connectivity index (χ2n) is 6.39. The van der Waals surface area contributed by atoms with Crippen molar-refractivity contribution >= 4 is 17.4 Å². The molecule has 0 atom stereocenters. The van der Waals surface area contributed by atoms with Gasteiger partial charge in [-0.25, -0.2) is 4.79 Å². The first kappa shape index (κ1) is 14.7. The smallest absolute Gasteiger partial charge is 0.319 e. The monoisotopic (exact) mass is 275 g/mol. The zero-order valence-electron chi connectivity index (χ0n) is 12.7. The van der Waals surface area contributed by atoms with Crippen LogP contribution < -0.4 is 15.5 Å². The van der Waals surface area contributed by atoms with Crippen LogP contribution >= 0.6 is 0 Å². The van der Waals surface area contributed by atoms with Crippen molar-refractivity contribution in [3.8, 4) is 0 Å². The molecule has 1 aliphatic heterocycles.